The maximum Gasteiger partial charge on any atom is 0.202 e. The lowest BCUT2D eigenvalue weighted by Gasteiger charge is -2.13. The highest BCUT2D eigenvalue weighted by molar-refractivity contribution is 7.09. The van der Waals surface area contributed by atoms with Gasteiger partial charge in [-0.25, -0.2) is 9.37 Å². The third kappa shape index (κ3) is 4.25. The fourth-order valence-corrected chi connectivity index (χ4v) is 2.60. The number of anilines is 1. The summed E-state index contributed by atoms with van der Waals surface area (Å²) in [6.07, 6.45) is 2.71. The van der Waals surface area contributed by atoms with Gasteiger partial charge in [-0.05, 0) is 24.1 Å². The molecule has 0 spiro atoms. The van der Waals surface area contributed by atoms with E-state index in [1.165, 1.54) is 23.7 Å². The van der Waals surface area contributed by atoms with E-state index in [1.54, 1.807) is 12.1 Å². The number of rotatable bonds is 7. The zero-order valence-corrected chi connectivity index (χ0v) is 12.3. The fraction of sp³-hybridized carbons (Fsp3) is 0.429. The van der Waals surface area contributed by atoms with E-state index in [1.807, 2.05) is 0 Å². The maximum atomic E-state index is 12.8. The van der Waals surface area contributed by atoms with Crippen LogP contribution in [0.5, 0.6) is 0 Å². The molecule has 0 aliphatic rings. The SMILES string of the molecule is CCCC(CN)Nc1nc(Cc2ccc(F)cc2)ns1. The van der Waals surface area contributed by atoms with Gasteiger partial charge in [0.2, 0.25) is 5.13 Å². The van der Waals surface area contributed by atoms with E-state index in [4.69, 9.17) is 5.73 Å². The van der Waals surface area contributed by atoms with Gasteiger partial charge in [0.1, 0.15) is 11.6 Å². The van der Waals surface area contributed by atoms with Crippen molar-refractivity contribution < 1.29 is 4.39 Å². The van der Waals surface area contributed by atoms with E-state index in [0.29, 0.717) is 13.0 Å². The van der Waals surface area contributed by atoms with Crippen molar-refractivity contribution in [3.63, 3.8) is 0 Å². The van der Waals surface area contributed by atoms with Crippen molar-refractivity contribution in [3.8, 4) is 0 Å². The highest BCUT2D eigenvalue weighted by Crippen LogP contribution is 2.16. The minimum atomic E-state index is -0.229. The normalized spacial score (nSPS) is 12.3. The fourth-order valence-electron chi connectivity index (χ4n) is 1.94. The molecule has 6 heteroatoms. The third-order valence-electron chi connectivity index (χ3n) is 2.99. The van der Waals surface area contributed by atoms with Crippen LogP contribution in [0.15, 0.2) is 24.3 Å². The van der Waals surface area contributed by atoms with Crippen LogP contribution < -0.4 is 11.1 Å². The molecule has 4 nitrogen and oxygen atoms in total. The minimum absolute atomic E-state index is 0.229. The molecule has 0 amide bonds. The number of benzene rings is 1. The number of hydrogen-bond donors (Lipinski definition) is 2. The van der Waals surface area contributed by atoms with Crippen molar-refractivity contribution in [1.29, 1.82) is 0 Å². The second-order valence-corrected chi connectivity index (χ2v) is 5.44. The van der Waals surface area contributed by atoms with Crippen LogP contribution in [0.1, 0.15) is 31.2 Å². The van der Waals surface area contributed by atoms with E-state index in [-0.39, 0.29) is 11.9 Å². The average molecular weight is 294 g/mol. The lowest BCUT2D eigenvalue weighted by molar-refractivity contribution is 0.627. The molecule has 0 saturated carbocycles. The first-order valence-electron chi connectivity index (χ1n) is 6.75. The van der Waals surface area contributed by atoms with E-state index < -0.39 is 0 Å². The molecule has 1 aromatic heterocycles. The Morgan fingerprint density at radius 1 is 1.35 bits per heavy atom. The Morgan fingerprint density at radius 2 is 2.10 bits per heavy atom. The summed E-state index contributed by atoms with van der Waals surface area (Å²) in [6.45, 7) is 2.71. The Kier molecular flexibility index (Phi) is 5.43. The van der Waals surface area contributed by atoms with Gasteiger partial charge in [-0.15, -0.1) is 0 Å². The molecule has 1 aromatic carbocycles. The van der Waals surface area contributed by atoms with Gasteiger partial charge in [0.15, 0.2) is 0 Å². The lowest BCUT2D eigenvalue weighted by atomic mass is 10.1. The molecule has 0 fully saturated rings. The molecule has 1 unspecified atom stereocenters. The van der Waals surface area contributed by atoms with Crippen molar-refractivity contribution in [2.45, 2.75) is 32.2 Å². The van der Waals surface area contributed by atoms with Crippen LogP contribution in [-0.2, 0) is 6.42 Å². The molecule has 0 aliphatic carbocycles. The summed E-state index contributed by atoms with van der Waals surface area (Å²) >= 11 is 1.34. The number of nitrogens with zero attached hydrogens (tertiary/aromatic N) is 2. The van der Waals surface area contributed by atoms with Crippen molar-refractivity contribution in [1.82, 2.24) is 9.36 Å². The molecule has 0 saturated heterocycles. The molecule has 108 valence electrons. The summed E-state index contributed by atoms with van der Waals surface area (Å²) in [5, 5.41) is 4.10. The molecule has 1 atom stereocenters. The Balaban J connectivity index is 1.96. The molecular weight excluding hydrogens is 275 g/mol. The standard InChI is InChI=1S/C14H19FN4S/c1-2-3-12(9-16)17-14-18-13(19-20-14)8-10-4-6-11(15)7-5-10/h4-7,12H,2-3,8-9,16H2,1H3,(H,17,18,19). The molecule has 2 rings (SSSR count). The first-order valence-corrected chi connectivity index (χ1v) is 7.52. The van der Waals surface area contributed by atoms with Gasteiger partial charge in [0, 0.05) is 30.5 Å². The highest BCUT2D eigenvalue weighted by Gasteiger charge is 2.10. The summed E-state index contributed by atoms with van der Waals surface area (Å²) in [6, 6.07) is 6.65. The zero-order valence-electron chi connectivity index (χ0n) is 11.5. The third-order valence-corrected chi connectivity index (χ3v) is 3.68. The topological polar surface area (TPSA) is 63.8 Å². The summed E-state index contributed by atoms with van der Waals surface area (Å²) in [7, 11) is 0. The number of nitrogens with one attached hydrogen (secondary N) is 1. The van der Waals surface area contributed by atoms with E-state index >= 15 is 0 Å². The van der Waals surface area contributed by atoms with Crippen molar-refractivity contribution in [3.05, 3.63) is 41.5 Å². The molecular formula is C14H19FN4S. The monoisotopic (exact) mass is 294 g/mol. The average Bonchev–Trinajstić information content (AvgIpc) is 2.88. The predicted molar refractivity (Wildman–Crippen MR) is 80.5 cm³/mol. The van der Waals surface area contributed by atoms with Crippen LogP contribution in [0.2, 0.25) is 0 Å². The Morgan fingerprint density at radius 3 is 2.75 bits per heavy atom. The molecule has 0 radical (unpaired) electrons. The molecule has 3 N–H and O–H groups in total. The van der Waals surface area contributed by atoms with Gasteiger partial charge in [0.05, 0.1) is 0 Å². The molecule has 0 aliphatic heterocycles. The van der Waals surface area contributed by atoms with Crippen molar-refractivity contribution >= 4 is 16.7 Å². The Hall–Kier alpha value is -1.53. The van der Waals surface area contributed by atoms with Crippen molar-refractivity contribution in [2.24, 2.45) is 5.73 Å². The number of hydrogen-bond acceptors (Lipinski definition) is 5. The number of aromatic nitrogens is 2. The minimum Gasteiger partial charge on any atom is -0.356 e. The zero-order chi connectivity index (χ0) is 14.4. The highest BCUT2D eigenvalue weighted by atomic mass is 32.1. The van der Waals surface area contributed by atoms with Gasteiger partial charge in [-0.3, -0.25) is 0 Å². The summed E-state index contributed by atoms with van der Waals surface area (Å²) < 4.78 is 17.1. The van der Waals surface area contributed by atoms with Crippen LogP contribution in [0.3, 0.4) is 0 Å². The van der Waals surface area contributed by atoms with Gasteiger partial charge in [0.25, 0.3) is 0 Å². The van der Waals surface area contributed by atoms with Gasteiger partial charge in [-0.1, -0.05) is 25.5 Å². The first kappa shape index (κ1) is 14.9. The van der Waals surface area contributed by atoms with Gasteiger partial charge < -0.3 is 11.1 Å². The first-order chi connectivity index (χ1) is 9.71. The number of halogens is 1. The maximum absolute atomic E-state index is 12.8. The second-order valence-electron chi connectivity index (χ2n) is 4.68. The molecule has 20 heavy (non-hydrogen) atoms. The van der Waals surface area contributed by atoms with Crippen molar-refractivity contribution in [2.75, 3.05) is 11.9 Å². The second kappa shape index (κ2) is 7.31. The van der Waals surface area contributed by atoms with Crippen LogP contribution in [0.25, 0.3) is 0 Å². The van der Waals surface area contributed by atoms with Crippen LogP contribution in [0.4, 0.5) is 9.52 Å². The predicted octanol–water partition coefficient (Wildman–Crippen LogP) is 2.81. The largest absolute Gasteiger partial charge is 0.356 e. The molecule has 2 aromatic rings. The Labute approximate surface area is 122 Å². The molecule has 1 heterocycles. The van der Waals surface area contributed by atoms with Crippen LogP contribution >= 0.6 is 11.5 Å². The van der Waals surface area contributed by atoms with E-state index in [9.17, 15) is 4.39 Å². The Bertz CT molecular complexity index is 526. The van der Waals surface area contributed by atoms with E-state index in [0.717, 1.165) is 29.4 Å². The van der Waals surface area contributed by atoms with Gasteiger partial charge >= 0.3 is 0 Å². The van der Waals surface area contributed by atoms with Gasteiger partial charge in [-0.2, -0.15) is 4.37 Å². The number of nitrogens with two attached hydrogens (primary N) is 1. The van der Waals surface area contributed by atoms with Crippen LogP contribution in [0, 0.1) is 5.82 Å². The summed E-state index contributed by atoms with van der Waals surface area (Å²) in [5.41, 5.74) is 6.71. The lowest BCUT2D eigenvalue weighted by Crippen LogP contribution is -2.28. The summed E-state index contributed by atoms with van der Waals surface area (Å²) in [5.74, 6) is 0.518. The van der Waals surface area contributed by atoms with E-state index in [2.05, 4.69) is 21.6 Å². The smallest absolute Gasteiger partial charge is 0.202 e. The quantitative estimate of drug-likeness (QED) is 0.824. The summed E-state index contributed by atoms with van der Waals surface area (Å²) in [4.78, 5) is 4.44. The van der Waals surface area contributed by atoms with Crippen LogP contribution in [-0.4, -0.2) is 21.9 Å². The molecule has 0 bridgehead atoms.